The molecule has 0 aromatic heterocycles. The van der Waals surface area contributed by atoms with Crippen molar-refractivity contribution in [1.82, 2.24) is 5.32 Å². The predicted octanol–water partition coefficient (Wildman–Crippen LogP) is 4.70. The van der Waals surface area contributed by atoms with E-state index in [1.807, 2.05) is 6.07 Å². The van der Waals surface area contributed by atoms with E-state index >= 15 is 0 Å². The first-order valence-corrected chi connectivity index (χ1v) is 8.40. The predicted molar refractivity (Wildman–Crippen MR) is 90.7 cm³/mol. The third-order valence-electron chi connectivity index (χ3n) is 3.46. The third-order valence-corrected chi connectivity index (χ3v) is 4.37. The van der Waals surface area contributed by atoms with Gasteiger partial charge < -0.3 is 5.32 Å². The number of nitro groups is 1. The highest BCUT2D eigenvalue weighted by molar-refractivity contribution is 9.10. The Bertz CT molecular complexity index is 464. The zero-order chi connectivity index (χ0) is 15.8. The molecule has 1 aromatic carbocycles. The Balaban J connectivity index is 2.70. The normalized spacial score (nSPS) is 12.6. The molecule has 0 bridgehead atoms. The van der Waals surface area contributed by atoms with Crippen LogP contribution in [0.25, 0.3) is 0 Å². The Morgan fingerprint density at radius 3 is 2.67 bits per heavy atom. The molecule has 0 heterocycles. The monoisotopic (exact) mass is 356 g/mol. The summed E-state index contributed by atoms with van der Waals surface area (Å²) in [5, 5.41) is 14.5. The van der Waals surface area contributed by atoms with Crippen LogP contribution < -0.4 is 5.32 Å². The molecular weight excluding hydrogens is 332 g/mol. The van der Waals surface area contributed by atoms with Crippen molar-refractivity contribution in [2.75, 3.05) is 6.54 Å². The largest absolute Gasteiger partial charge is 0.314 e. The zero-order valence-electron chi connectivity index (χ0n) is 13.1. The van der Waals surface area contributed by atoms with Crippen molar-refractivity contribution < 1.29 is 4.92 Å². The molecule has 1 atom stereocenters. The Morgan fingerprint density at radius 2 is 2.10 bits per heavy atom. The van der Waals surface area contributed by atoms with Gasteiger partial charge in [-0.05, 0) is 59.6 Å². The van der Waals surface area contributed by atoms with Gasteiger partial charge in [-0.3, -0.25) is 10.1 Å². The molecule has 5 heteroatoms. The molecule has 1 aromatic rings. The van der Waals surface area contributed by atoms with E-state index in [0.717, 1.165) is 37.8 Å². The minimum absolute atomic E-state index is 0.148. The Morgan fingerprint density at radius 1 is 1.38 bits per heavy atom. The van der Waals surface area contributed by atoms with Gasteiger partial charge in [-0.1, -0.05) is 32.9 Å². The maximum atomic E-state index is 11.0. The highest BCUT2D eigenvalue weighted by Crippen LogP contribution is 2.29. The lowest BCUT2D eigenvalue weighted by atomic mass is 9.97. The average Bonchev–Trinajstić information content (AvgIpc) is 2.42. The van der Waals surface area contributed by atoms with E-state index in [1.165, 1.54) is 6.07 Å². The van der Waals surface area contributed by atoms with Gasteiger partial charge >= 0.3 is 0 Å². The fourth-order valence-corrected chi connectivity index (χ4v) is 3.06. The summed E-state index contributed by atoms with van der Waals surface area (Å²) in [6, 6.07) is 5.73. The van der Waals surface area contributed by atoms with E-state index < -0.39 is 0 Å². The van der Waals surface area contributed by atoms with Crippen LogP contribution >= 0.6 is 15.9 Å². The first-order chi connectivity index (χ1) is 9.95. The van der Waals surface area contributed by atoms with E-state index in [9.17, 15) is 10.1 Å². The van der Waals surface area contributed by atoms with Crippen molar-refractivity contribution in [3.8, 4) is 0 Å². The Labute approximate surface area is 135 Å². The number of halogens is 1. The second-order valence-electron chi connectivity index (χ2n) is 5.83. The van der Waals surface area contributed by atoms with Gasteiger partial charge in [-0.15, -0.1) is 0 Å². The number of aryl methyl sites for hydroxylation is 1. The molecular formula is C16H25BrN2O2. The van der Waals surface area contributed by atoms with Crippen molar-refractivity contribution >= 4 is 21.6 Å². The maximum absolute atomic E-state index is 11.0. The highest BCUT2D eigenvalue weighted by atomic mass is 79.9. The molecule has 0 aliphatic heterocycles. The lowest BCUT2D eigenvalue weighted by molar-refractivity contribution is -0.385. The molecule has 0 saturated carbocycles. The minimum atomic E-state index is -0.339. The fourth-order valence-electron chi connectivity index (χ4n) is 2.45. The first kappa shape index (κ1) is 18.1. The average molecular weight is 357 g/mol. The van der Waals surface area contributed by atoms with Gasteiger partial charge in [0.1, 0.15) is 0 Å². The molecule has 1 rings (SSSR count). The number of rotatable bonds is 9. The van der Waals surface area contributed by atoms with Crippen LogP contribution in [-0.2, 0) is 6.42 Å². The van der Waals surface area contributed by atoms with Crippen LogP contribution in [0, 0.1) is 16.0 Å². The number of nitrogens with one attached hydrogen (secondary N) is 1. The van der Waals surface area contributed by atoms with Crippen LogP contribution in [0.3, 0.4) is 0 Å². The van der Waals surface area contributed by atoms with Crippen LogP contribution in [0.4, 0.5) is 5.69 Å². The van der Waals surface area contributed by atoms with E-state index in [1.54, 1.807) is 6.07 Å². The molecule has 0 amide bonds. The van der Waals surface area contributed by atoms with Crippen LogP contribution in [0.5, 0.6) is 0 Å². The van der Waals surface area contributed by atoms with Gasteiger partial charge in [0.2, 0.25) is 0 Å². The van der Waals surface area contributed by atoms with Gasteiger partial charge in [0, 0.05) is 12.1 Å². The second kappa shape index (κ2) is 9.15. The number of benzene rings is 1. The summed E-state index contributed by atoms with van der Waals surface area (Å²) in [5.74, 6) is 0.646. The van der Waals surface area contributed by atoms with Crippen LogP contribution in [0.15, 0.2) is 22.7 Å². The molecule has 0 aliphatic carbocycles. The molecule has 1 unspecified atom stereocenters. The summed E-state index contributed by atoms with van der Waals surface area (Å²) in [6.45, 7) is 7.64. The van der Waals surface area contributed by atoms with Crippen LogP contribution in [0.2, 0.25) is 0 Å². The van der Waals surface area contributed by atoms with Crippen LogP contribution in [0.1, 0.15) is 45.6 Å². The molecule has 4 nitrogen and oxygen atoms in total. The fraction of sp³-hybridized carbons (Fsp3) is 0.625. The number of nitro benzene ring substituents is 1. The lowest BCUT2D eigenvalue weighted by Crippen LogP contribution is -2.31. The molecule has 21 heavy (non-hydrogen) atoms. The van der Waals surface area contributed by atoms with Gasteiger partial charge in [0.05, 0.1) is 9.40 Å². The molecule has 0 aliphatic rings. The quantitative estimate of drug-likeness (QED) is 0.515. The molecule has 118 valence electrons. The van der Waals surface area contributed by atoms with Crippen molar-refractivity contribution in [2.24, 2.45) is 5.92 Å². The number of hydrogen-bond acceptors (Lipinski definition) is 3. The topological polar surface area (TPSA) is 55.2 Å². The van der Waals surface area contributed by atoms with Crippen molar-refractivity contribution in [3.05, 3.63) is 38.3 Å². The van der Waals surface area contributed by atoms with E-state index in [2.05, 4.69) is 42.0 Å². The Hall–Kier alpha value is -0.940. The summed E-state index contributed by atoms with van der Waals surface area (Å²) in [7, 11) is 0. The summed E-state index contributed by atoms with van der Waals surface area (Å²) in [6.07, 6.45) is 4.09. The van der Waals surface area contributed by atoms with Crippen LogP contribution in [-0.4, -0.2) is 17.5 Å². The number of hydrogen-bond donors (Lipinski definition) is 1. The maximum Gasteiger partial charge on any atom is 0.283 e. The Kier molecular flexibility index (Phi) is 7.89. The van der Waals surface area contributed by atoms with Gasteiger partial charge in [0.25, 0.3) is 5.69 Å². The van der Waals surface area contributed by atoms with Gasteiger partial charge in [-0.25, -0.2) is 0 Å². The summed E-state index contributed by atoms with van der Waals surface area (Å²) in [5.41, 5.74) is 1.16. The smallest absolute Gasteiger partial charge is 0.283 e. The van der Waals surface area contributed by atoms with Gasteiger partial charge in [-0.2, -0.15) is 0 Å². The van der Waals surface area contributed by atoms with E-state index in [-0.39, 0.29) is 10.6 Å². The SMILES string of the molecule is CCCNC(CCc1cccc([N+](=O)[O-])c1Br)CC(C)C. The molecule has 1 N–H and O–H groups in total. The van der Waals surface area contributed by atoms with E-state index in [0.29, 0.717) is 16.4 Å². The van der Waals surface area contributed by atoms with Gasteiger partial charge in [0.15, 0.2) is 0 Å². The second-order valence-corrected chi connectivity index (χ2v) is 6.62. The highest BCUT2D eigenvalue weighted by Gasteiger charge is 2.16. The first-order valence-electron chi connectivity index (χ1n) is 7.60. The van der Waals surface area contributed by atoms with E-state index in [4.69, 9.17) is 0 Å². The minimum Gasteiger partial charge on any atom is -0.314 e. The molecule has 0 saturated heterocycles. The standard InChI is InChI=1S/C16H25BrN2O2/c1-4-10-18-14(11-12(2)3)9-8-13-6-5-7-15(16(13)17)19(20)21/h5-7,12,14,18H,4,8-11H2,1-3H3. The van der Waals surface area contributed by atoms with Crippen molar-refractivity contribution in [2.45, 2.75) is 52.5 Å². The lowest BCUT2D eigenvalue weighted by Gasteiger charge is -2.20. The summed E-state index contributed by atoms with van der Waals surface area (Å²) in [4.78, 5) is 10.6. The van der Waals surface area contributed by atoms with Crippen molar-refractivity contribution in [3.63, 3.8) is 0 Å². The molecule has 0 fully saturated rings. The third kappa shape index (κ3) is 6.14. The summed E-state index contributed by atoms with van der Waals surface area (Å²) >= 11 is 3.37. The molecule has 0 spiro atoms. The zero-order valence-corrected chi connectivity index (χ0v) is 14.6. The van der Waals surface area contributed by atoms with Crippen molar-refractivity contribution in [1.29, 1.82) is 0 Å². The summed E-state index contributed by atoms with van der Waals surface area (Å²) < 4.78 is 0.619. The molecule has 0 radical (unpaired) electrons. The number of nitrogens with zero attached hydrogens (tertiary/aromatic N) is 1.